The highest BCUT2D eigenvalue weighted by atomic mass is 35.5. The van der Waals surface area contributed by atoms with Crippen molar-refractivity contribution in [2.75, 3.05) is 25.0 Å². The summed E-state index contributed by atoms with van der Waals surface area (Å²) in [5, 5.41) is 3.78. The van der Waals surface area contributed by atoms with Crippen molar-refractivity contribution < 1.29 is 14.3 Å². The zero-order valence-corrected chi connectivity index (χ0v) is 16.2. The number of anilines is 1. The van der Waals surface area contributed by atoms with E-state index in [4.69, 9.17) is 27.9 Å². The van der Waals surface area contributed by atoms with E-state index < -0.39 is 0 Å². The fraction of sp³-hybridized carbons (Fsp3) is 0.300. The van der Waals surface area contributed by atoms with Crippen LogP contribution in [-0.4, -0.2) is 36.4 Å². The topological polar surface area (TPSA) is 58.6 Å². The Morgan fingerprint density at radius 1 is 1.15 bits per heavy atom. The lowest BCUT2D eigenvalue weighted by Crippen LogP contribution is -2.45. The summed E-state index contributed by atoms with van der Waals surface area (Å²) in [7, 11) is 0. The van der Waals surface area contributed by atoms with E-state index in [1.165, 1.54) is 0 Å². The van der Waals surface area contributed by atoms with Gasteiger partial charge in [0.1, 0.15) is 5.75 Å². The second kappa shape index (κ2) is 9.11. The highest BCUT2D eigenvalue weighted by Crippen LogP contribution is 2.28. The molecule has 0 bridgehead atoms. The van der Waals surface area contributed by atoms with Gasteiger partial charge in [-0.05, 0) is 37.1 Å². The normalized spacial score (nSPS) is 16.7. The highest BCUT2D eigenvalue weighted by Gasteiger charge is 2.28. The van der Waals surface area contributed by atoms with Crippen molar-refractivity contribution in [3.8, 4) is 5.75 Å². The van der Waals surface area contributed by atoms with E-state index in [9.17, 15) is 9.59 Å². The Balaban J connectivity index is 1.54. The second-order valence-electron chi connectivity index (χ2n) is 6.40. The maximum atomic E-state index is 12.5. The Hall–Kier alpha value is -2.24. The van der Waals surface area contributed by atoms with E-state index in [2.05, 4.69) is 5.32 Å². The van der Waals surface area contributed by atoms with E-state index in [1.54, 1.807) is 23.1 Å². The summed E-state index contributed by atoms with van der Waals surface area (Å²) in [6.07, 6.45) is 1.53. The van der Waals surface area contributed by atoms with Crippen LogP contribution in [0.15, 0.2) is 48.5 Å². The van der Waals surface area contributed by atoms with E-state index in [1.807, 2.05) is 30.3 Å². The van der Waals surface area contributed by atoms with Crippen molar-refractivity contribution in [3.05, 3.63) is 58.6 Å². The third-order valence-corrected chi connectivity index (χ3v) is 4.98. The summed E-state index contributed by atoms with van der Waals surface area (Å²) in [4.78, 5) is 26.6. The van der Waals surface area contributed by atoms with Crippen LogP contribution in [0.3, 0.4) is 0 Å². The fourth-order valence-electron chi connectivity index (χ4n) is 3.00. The number of para-hydroxylation sites is 1. The average Bonchev–Trinajstić information content (AvgIpc) is 2.69. The zero-order valence-electron chi connectivity index (χ0n) is 14.7. The number of piperidine rings is 1. The van der Waals surface area contributed by atoms with Crippen LogP contribution in [0.2, 0.25) is 10.0 Å². The van der Waals surface area contributed by atoms with Gasteiger partial charge in [0.25, 0.3) is 5.91 Å². The van der Waals surface area contributed by atoms with Crippen LogP contribution in [0.1, 0.15) is 12.8 Å². The summed E-state index contributed by atoms with van der Waals surface area (Å²) >= 11 is 12.0. The molecule has 0 saturated carbocycles. The SMILES string of the molecule is O=C(Nc1ccccc1)[C@@H]1CCCN(C(=O)COc2cc(Cl)ccc2Cl)C1. The van der Waals surface area contributed by atoms with E-state index >= 15 is 0 Å². The van der Waals surface area contributed by atoms with Gasteiger partial charge in [0.15, 0.2) is 6.61 Å². The van der Waals surface area contributed by atoms with Gasteiger partial charge in [0, 0.05) is 29.9 Å². The Kier molecular flexibility index (Phi) is 6.58. The average molecular weight is 407 g/mol. The van der Waals surface area contributed by atoms with Crippen molar-refractivity contribution >= 4 is 40.7 Å². The molecule has 7 heteroatoms. The monoisotopic (exact) mass is 406 g/mol. The molecule has 142 valence electrons. The number of nitrogens with zero attached hydrogens (tertiary/aromatic N) is 1. The third-order valence-electron chi connectivity index (χ3n) is 4.43. The molecule has 2 aromatic rings. The minimum atomic E-state index is -0.238. The maximum Gasteiger partial charge on any atom is 0.260 e. The zero-order chi connectivity index (χ0) is 19.2. The fourth-order valence-corrected chi connectivity index (χ4v) is 3.34. The molecule has 2 amide bonds. The van der Waals surface area contributed by atoms with Gasteiger partial charge in [0.05, 0.1) is 10.9 Å². The van der Waals surface area contributed by atoms with E-state index in [-0.39, 0.29) is 24.3 Å². The first-order valence-electron chi connectivity index (χ1n) is 8.74. The molecule has 3 rings (SSSR count). The van der Waals surface area contributed by atoms with Crippen LogP contribution in [0, 0.1) is 5.92 Å². The van der Waals surface area contributed by atoms with Gasteiger partial charge >= 0.3 is 0 Å². The largest absolute Gasteiger partial charge is 0.482 e. The number of halogens is 2. The van der Waals surface area contributed by atoms with Gasteiger partial charge in [-0.25, -0.2) is 0 Å². The van der Waals surface area contributed by atoms with E-state index in [0.29, 0.717) is 28.9 Å². The molecular formula is C20H20Cl2N2O3. The molecule has 1 atom stereocenters. The number of carbonyl (C=O) groups is 2. The number of amides is 2. The lowest BCUT2D eigenvalue weighted by molar-refractivity contribution is -0.136. The predicted molar refractivity (Wildman–Crippen MR) is 106 cm³/mol. The molecule has 2 aromatic carbocycles. The maximum absolute atomic E-state index is 12.5. The van der Waals surface area contributed by atoms with Crippen molar-refractivity contribution in [1.29, 1.82) is 0 Å². The Labute approximate surface area is 168 Å². The Morgan fingerprint density at radius 2 is 1.93 bits per heavy atom. The van der Waals surface area contributed by atoms with Gasteiger partial charge in [-0.1, -0.05) is 41.4 Å². The summed E-state index contributed by atoms with van der Waals surface area (Å²) in [6, 6.07) is 14.1. The van der Waals surface area contributed by atoms with Crippen LogP contribution >= 0.6 is 23.2 Å². The summed E-state index contributed by atoms with van der Waals surface area (Å²) < 4.78 is 5.52. The minimum Gasteiger partial charge on any atom is -0.482 e. The minimum absolute atomic E-state index is 0.0718. The molecule has 1 aliphatic heterocycles. The predicted octanol–water partition coefficient (Wildman–Crippen LogP) is 4.25. The molecular weight excluding hydrogens is 387 g/mol. The lowest BCUT2D eigenvalue weighted by atomic mass is 9.97. The number of carbonyl (C=O) groups excluding carboxylic acids is 2. The Morgan fingerprint density at radius 3 is 2.70 bits per heavy atom. The molecule has 1 fully saturated rings. The first kappa shape index (κ1) is 19.5. The Bertz CT molecular complexity index is 814. The van der Waals surface area contributed by atoms with Crippen molar-refractivity contribution in [3.63, 3.8) is 0 Å². The van der Waals surface area contributed by atoms with Crippen LogP contribution in [0.5, 0.6) is 5.75 Å². The number of nitrogens with one attached hydrogen (secondary N) is 1. The second-order valence-corrected chi connectivity index (χ2v) is 7.24. The number of rotatable bonds is 5. The number of hydrogen-bond donors (Lipinski definition) is 1. The van der Waals surface area contributed by atoms with Gasteiger partial charge < -0.3 is 15.0 Å². The lowest BCUT2D eigenvalue weighted by Gasteiger charge is -2.32. The molecule has 0 unspecified atom stereocenters. The third kappa shape index (κ3) is 5.37. The van der Waals surface area contributed by atoms with Gasteiger partial charge in [-0.3, -0.25) is 9.59 Å². The van der Waals surface area contributed by atoms with Crippen LogP contribution in [-0.2, 0) is 9.59 Å². The van der Waals surface area contributed by atoms with Crippen molar-refractivity contribution in [2.24, 2.45) is 5.92 Å². The standard InChI is InChI=1S/C20H20Cl2N2O3/c21-15-8-9-17(22)18(11-15)27-13-19(25)24-10-4-5-14(12-24)20(26)23-16-6-2-1-3-7-16/h1-3,6-9,11,14H,4-5,10,12-13H2,(H,23,26)/t14-/m1/s1. The van der Waals surface area contributed by atoms with Gasteiger partial charge in [-0.2, -0.15) is 0 Å². The first-order chi connectivity index (χ1) is 13.0. The number of likely N-dealkylation sites (tertiary alicyclic amines) is 1. The quantitative estimate of drug-likeness (QED) is 0.806. The molecule has 27 heavy (non-hydrogen) atoms. The molecule has 1 N–H and O–H groups in total. The van der Waals surface area contributed by atoms with E-state index in [0.717, 1.165) is 18.5 Å². The molecule has 0 spiro atoms. The number of hydrogen-bond acceptors (Lipinski definition) is 3. The molecule has 5 nitrogen and oxygen atoms in total. The van der Waals surface area contributed by atoms with Gasteiger partial charge in [0.2, 0.25) is 5.91 Å². The highest BCUT2D eigenvalue weighted by molar-refractivity contribution is 6.34. The first-order valence-corrected chi connectivity index (χ1v) is 9.50. The summed E-state index contributed by atoms with van der Waals surface area (Å²) in [5.74, 6) is -0.119. The number of ether oxygens (including phenoxy) is 1. The molecule has 1 heterocycles. The smallest absolute Gasteiger partial charge is 0.260 e. The molecule has 0 radical (unpaired) electrons. The van der Waals surface area contributed by atoms with Gasteiger partial charge in [-0.15, -0.1) is 0 Å². The summed E-state index contributed by atoms with van der Waals surface area (Å²) in [5.41, 5.74) is 0.755. The summed E-state index contributed by atoms with van der Waals surface area (Å²) in [6.45, 7) is 0.845. The molecule has 1 aliphatic rings. The number of benzene rings is 2. The van der Waals surface area contributed by atoms with Crippen LogP contribution in [0.4, 0.5) is 5.69 Å². The molecule has 0 aliphatic carbocycles. The van der Waals surface area contributed by atoms with Crippen molar-refractivity contribution in [2.45, 2.75) is 12.8 Å². The van der Waals surface area contributed by atoms with Crippen LogP contribution in [0.25, 0.3) is 0 Å². The molecule has 0 aromatic heterocycles. The van der Waals surface area contributed by atoms with Crippen LogP contribution < -0.4 is 10.1 Å². The van der Waals surface area contributed by atoms with Crippen molar-refractivity contribution in [1.82, 2.24) is 4.90 Å². The molecule has 1 saturated heterocycles.